The quantitative estimate of drug-likeness (QED) is 0.814. The number of piperidine rings is 1. The van der Waals surface area contributed by atoms with E-state index < -0.39 is 10.0 Å². The molecule has 26 heavy (non-hydrogen) atoms. The van der Waals surface area contributed by atoms with Gasteiger partial charge >= 0.3 is 0 Å². The zero-order valence-electron chi connectivity index (χ0n) is 15.8. The van der Waals surface area contributed by atoms with Crippen molar-refractivity contribution in [2.75, 3.05) is 26.2 Å². The Bertz CT molecular complexity index is 702. The van der Waals surface area contributed by atoms with Gasteiger partial charge in [-0.05, 0) is 51.5 Å². The predicted molar refractivity (Wildman–Crippen MR) is 103 cm³/mol. The molecule has 2 saturated heterocycles. The summed E-state index contributed by atoms with van der Waals surface area (Å²) in [4.78, 5) is 16.3. The van der Waals surface area contributed by atoms with E-state index in [-0.39, 0.29) is 11.9 Å². The van der Waals surface area contributed by atoms with E-state index in [9.17, 15) is 13.2 Å². The van der Waals surface area contributed by atoms with Crippen LogP contribution < -0.4 is 4.90 Å². The first kappa shape index (κ1) is 19.8. The van der Waals surface area contributed by atoms with Gasteiger partial charge in [-0.15, -0.1) is 11.3 Å². The SMILES string of the molecule is C[C@H](C(=O)N1[C@@H](C)CCC[C@@H]1C)[NH+]1CCN(S(=O)(=O)c2cccs2)CC1. The molecule has 3 atom stereocenters. The lowest BCUT2D eigenvalue weighted by atomic mass is 9.96. The molecule has 0 bridgehead atoms. The van der Waals surface area contributed by atoms with Gasteiger partial charge in [0.2, 0.25) is 0 Å². The molecule has 2 fully saturated rings. The molecule has 2 aliphatic heterocycles. The normalized spacial score (nSPS) is 27.4. The number of likely N-dealkylation sites (tertiary alicyclic amines) is 1. The summed E-state index contributed by atoms with van der Waals surface area (Å²) in [5, 5.41) is 1.79. The second kappa shape index (κ2) is 7.96. The van der Waals surface area contributed by atoms with Crippen LogP contribution in [0.2, 0.25) is 0 Å². The van der Waals surface area contributed by atoms with Gasteiger partial charge in [0, 0.05) is 12.1 Å². The van der Waals surface area contributed by atoms with E-state index in [1.165, 1.54) is 22.7 Å². The van der Waals surface area contributed by atoms with Crippen LogP contribution in [0.15, 0.2) is 21.7 Å². The number of thiophene rings is 1. The first-order valence-corrected chi connectivity index (χ1v) is 11.8. The molecule has 1 amide bonds. The van der Waals surface area contributed by atoms with Gasteiger partial charge in [-0.25, -0.2) is 8.42 Å². The largest absolute Gasteiger partial charge is 0.332 e. The third kappa shape index (κ3) is 3.83. The molecular weight excluding hydrogens is 370 g/mol. The van der Waals surface area contributed by atoms with E-state index >= 15 is 0 Å². The Morgan fingerprint density at radius 3 is 2.38 bits per heavy atom. The molecule has 6 nitrogen and oxygen atoms in total. The molecule has 0 radical (unpaired) electrons. The van der Waals surface area contributed by atoms with E-state index in [1.54, 1.807) is 21.8 Å². The molecule has 1 N–H and O–H groups in total. The molecule has 0 saturated carbocycles. The summed E-state index contributed by atoms with van der Waals surface area (Å²) in [6, 6.07) is 3.90. The van der Waals surface area contributed by atoms with Crippen LogP contribution in [0, 0.1) is 0 Å². The van der Waals surface area contributed by atoms with Crippen LogP contribution in [0.25, 0.3) is 0 Å². The Morgan fingerprint density at radius 2 is 1.85 bits per heavy atom. The molecule has 0 spiro atoms. The van der Waals surface area contributed by atoms with Crippen molar-refractivity contribution in [1.82, 2.24) is 9.21 Å². The number of nitrogens with one attached hydrogen (secondary N) is 1. The van der Waals surface area contributed by atoms with Crippen molar-refractivity contribution in [2.24, 2.45) is 0 Å². The van der Waals surface area contributed by atoms with Crippen molar-refractivity contribution >= 4 is 27.3 Å². The minimum atomic E-state index is -3.38. The van der Waals surface area contributed by atoms with Gasteiger partial charge in [0.15, 0.2) is 6.04 Å². The number of amides is 1. The minimum absolute atomic E-state index is 0.121. The summed E-state index contributed by atoms with van der Waals surface area (Å²) in [7, 11) is -3.38. The highest BCUT2D eigenvalue weighted by Gasteiger charge is 2.39. The van der Waals surface area contributed by atoms with E-state index in [1.807, 2.05) is 6.92 Å². The summed E-state index contributed by atoms with van der Waals surface area (Å²) in [5.41, 5.74) is 0. The van der Waals surface area contributed by atoms with Gasteiger partial charge in [-0.1, -0.05) is 6.07 Å². The smallest absolute Gasteiger partial charge is 0.281 e. The van der Waals surface area contributed by atoms with E-state index in [2.05, 4.69) is 18.7 Å². The maximum atomic E-state index is 13.1. The lowest BCUT2D eigenvalue weighted by molar-refractivity contribution is -0.918. The lowest BCUT2D eigenvalue weighted by Crippen LogP contribution is -3.19. The van der Waals surface area contributed by atoms with Crippen molar-refractivity contribution in [1.29, 1.82) is 0 Å². The Balaban J connectivity index is 1.61. The number of rotatable bonds is 4. The number of nitrogens with zero attached hydrogens (tertiary/aromatic N) is 2. The highest BCUT2D eigenvalue weighted by molar-refractivity contribution is 7.91. The maximum Gasteiger partial charge on any atom is 0.281 e. The van der Waals surface area contributed by atoms with Crippen LogP contribution in [0.3, 0.4) is 0 Å². The molecular formula is C18H30N3O3S2+. The summed E-state index contributed by atoms with van der Waals surface area (Å²) >= 11 is 1.26. The highest BCUT2D eigenvalue weighted by atomic mass is 32.2. The average Bonchev–Trinajstić information content (AvgIpc) is 3.16. The minimum Gasteiger partial charge on any atom is -0.332 e. The maximum absolute atomic E-state index is 13.1. The third-order valence-electron chi connectivity index (χ3n) is 5.88. The zero-order valence-corrected chi connectivity index (χ0v) is 17.5. The number of sulfonamides is 1. The number of hydrogen-bond acceptors (Lipinski definition) is 4. The molecule has 0 aromatic carbocycles. The van der Waals surface area contributed by atoms with Crippen LogP contribution in [-0.4, -0.2) is 67.8 Å². The first-order valence-electron chi connectivity index (χ1n) is 9.52. The molecule has 1 aromatic heterocycles. The third-order valence-corrected chi connectivity index (χ3v) is 9.16. The van der Waals surface area contributed by atoms with Gasteiger partial charge < -0.3 is 9.80 Å². The molecule has 1 aromatic rings. The molecule has 3 rings (SSSR count). The molecule has 2 aliphatic rings. The zero-order chi connectivity index (χ0) is 18.9. The van der Waals surface area contributed by atoms with E-state index in [4.69, 9.17) is 0 Å². The number of quaternary nitrogens is 1. The number of piperazine rings is 1. The topological polar surface area (TPSA) is 62.1 Å². The Hall–Kier alpha value is -0.960. The van der Waals surface area contributed by atoms with E-state index in [0.29, 0.717) is 42.5 Å². The summed E-state index contributed by atoms with van der Waals surface area (Å²) < 4.78 is 27.3. The molecule has 0 aliphatic carbocycles. The lowest BCUT2D eigenvalue weighted by Gasteiger charge is -2.42. The second-order valence-electron chi connectivity index (χ2n) is 7.59. The fourth-order valence-electron chi connectivity index (χ4n) is 4.24. The summed E-state index contributed by atoms with van der Waals surface area (Å²) in [5.74, 6) is 0.217. The van der Waals surface area contributed by atoms with Crippen LogP contribution >= 0.6 is 11.3 Å². The summed E-state index contributed by atoms with van der Waals surface area (Å²) in [6.45, 7) is 8.57. The molecule has 3 heterocycles. The van der Waals surface area contributed by atoms with Crippen molar-refractivity contribution in [3.8, 4) is 0 Å². The van der Waals surface area contributed by atoms with Crippen LogP contribution in [0.5, 0.6) is 0 Å². The van der Waals surface area contributed by atoms with Crippen molar-refractivity contribution in [3.63, 3.8) is 0 Å². The highest BCUT2D eigenvalue weighted by Crippen LogP contribution is 2.23. The fraction of sp³-hybridized carbons (Fsp3) is 0.722. The van der Waals surface area contributed by atoms with Gasteiger partial charge in [-0.2, -0.15) is 4.31 Å². The van der Waals surface area contributed by atoms with Gasteiger partial charge in [-0.3, -0.25) is 4.79 Å². The van der Waals surface area contributed by atoms with Crippen LogP contribution in [-0.2, 0) is 14.8 Å². The van der Waals surface area contributed by atoms with Gasteiger partial charge in [0.25, 0.3) is 15.9 Å². The van der Waals surface area contributed by atoms with E-state index in [0.717, 1.165) is 12.8 Å². The second-order valence-corrected chi connectivity index (χ2v) is 10.7. The number of carbonyl (C=O) groups excluding carboxylic acids is 1. The Morgan fingerprint density at radius 1 is 1.23 bits per heavy atom. The summed E-state index contributed by atoms with van der Waals surface area (Å²) in [6.07, 6.45) is 3.34. The van der Waals surface area contributed by atoms with Crippen LogP contribution in [0.1, 0.15) is 40.0 Å². The van der Waals surface area contributed by atoms with Gasteiger partial charge in [0.05, 0.1) is 26.2 Å². The Kier molecular flexibility index (Phi) is 6.06. The van der Waals surface area contributed by atoms with Crippen molar-refractivity contribution in [3.05, 3.63) is 17.5 Å². The molecule has 146 valence electrons. The number of hydrogen-bond donors (Lipinski definition) is 1. The first-order chi connectivity index (χ1) is 12.3. The van der Waals surface area contributed by atoms with Crippen molar-refractivity contribution in [2.45, 2.75) is 62.4 Å². The standard InChI is InChI=1S/C18H29N3O3S2/c1-14-6-4-7-15(2)21(14)18(22)16(3)19-9-11-20(12-10-19)26(23,24)17-8-5-13-25-17/h5,8,13-16H,4,6-7,9-12H2,1-3H3/p+1/t14-,15-,16+/m0/s1. The Labute approximate surface area is 160 Å². The van der Waals surface area contributed by atoms with Crippen molar-refractivity contribution < 1.29 is 18.1 Å². The molecule has 0 unspecified atom stereocenters. The monoisotopic (exact) mass is 400 g/mol. The predicted octanol–water partition coefficient (Wildman–Crippen LogP) is 0.815. The fourth-order valence-corrected chi connectivity index (χ4v) is 6.82. The average molecular weight is 401 g/mol. The van der Waals surface area contributed by atoms with Crippen LogP contribution in [0.4, 0.5) is 0 Å². The number of carbonyl (C=O) groups is 1. The molecule has 8 heteroatoms. The van der Waals surface area contributed by atoms with Gasteiger partial charge in [0.1, 0.15) is 4.21 Å².